The Balaban J connectivity index is 1.55. The fourth-order valence-corrected chi connectivity index (χ4v) is 3.34. The molecular weight excluding hydrogens is 288 g/mol. The maximum absolute atomic E-state index is 12.4. The van der Waals surface area contributed by atoms with Gasteiger partial charge in [-0.15, -0.1) is 0 Å². The van der Waals surface area contributed by atoms with Crippen molar-refractivity contribution in [2.45, 2.75) is 19.4 Å². The summed E-state index contributed by atoms with van der Waals surface area (Å²) in [5.74, 6) is 0.320. The third-order valence-electron chi connectivity index (χ3n) is 4.91. The quantitative estimate of drug-likeness (QED) is 0.881. The van der Waals surface area contributed by atoms with Gasteiger partial charge in [0.1, 0.15) is 0 Å². The summed E-state index contributed by atoms with van der Waals surface area (Å²) < 4.78 is 0. The van der Waals surface area contributed by atoms with Crippen molar-refractivity contribution in [1.82, 2.24) is 15.1 Å². The molecule has 5 heteroatoms. The number of nitrogens with zero attached hydrogens (tertiary/aromatic N) is 2. The van der Waals surface area contributed by atoms with E-state index in [1.807, 2.05) is 12.1 Å². The maximum Gasteiger partial charge on any atom is 0.227 e. The van der Waals surface area contributed by atoms with E-state index in [0.717, 1.165) is 64.3 Å². The predicted molar refractivity (Wildman–Crippen MR) is 93.4 cm³/mol. The highest BCUT2D eigenvalue weighted by atomic mass is 16.1. The van der Waals surface area contributed by atoms with E-state index in [4.69, 9.17) is 0 Å². The number of benzene rings is 1. The maximum atomic E-state index is 12.4. The van der Waals surface area contributed by atoms with Crippen LogP contribution in [0.25, 0.3) is 0 Å². The fraction of sp³-hybridized carbons (Fsp3) is 0.611. The molecule has 2 heterocycles. The number of hydrogen-bond donors (Lipinski definition) is 2. The van der Waals surface area contributed by atoms with Crippen LogP contribution in [0.1, 0.15) is 18.4 Å². The molecule has 2 saturated heterocycles. The van der Waals surface area contributed by atoms with Gasteiger partial charge in [-0.1, -0.05) is 12.1 Å². The lowest BCUT2D eigenvalue weighted by Gasteiger charge is -2.32. The SMILES string of the molecule is CN1CCN(Cc2cccc(NC(=O)C3CCNCC3)c2)CC1. The number of anilines is 1. The van der Waals surface area contributed by atoms with Crippen molar-refractivity contribution in [1.29, 1.82) is 0 Å². The third kappa shape index (κ3) is 4.77. The molecule has 1 aromatic carbocycles. The van der Waals surface area contributed by atoms with Crippen LogP contribution in [0.2, 0.25) is 0 Å². The number of hydrogen-bond acceptors (Lipinski definition) is 4. The van der Waals surface area contributed by atoms with Gasteiger partial charge in [0.05, 0.1) is 0 Å². The Morgan fingerprint density at radius 3 is 2.70 bits per heavy atom. The summed E-state index contributed by atoms with van der Waals surface area (Å²) in [6.07, 6.45) is 1.87. The van der Waals surface area contributed by atoms with Gasteiger partial charge in [-0.25, -0.2) is 0 Å². The molecule has 2 aliphatic heterocycles. The summed E-state index contributed by atoms with van der Waals surface area (Å²) in [6.45, 7) is 7.34. The first-order chi connectivity index (χ1) is 11.2. The number of carbonyl (C=O) groups excluding carboxylic acids is 1. The van der Waals surface area contributed by atoms with Crippen LogP contribution in [0.4, 0.5) is 5.69 Å². The summed E-state index contributed by atoms with van der Waals surface area (Å²) in [7, 11) is 2.17. The van der Waals surface area contributed by atoms with Crippen LogP contribution in [0.15, 0.2) is 24.3 Å². The average Bonchev–Trinajstić information content (AvgIpc) is 2.58. The second-order valence-electron chi connectivity index (χ2n) is 6.79. The summed E-state index contributed by atoms with van der Waals surface area (Å²) in [5, 5.41) is 6.41. The highest BCUT2D eigenvalue weighted by Gasteiger charge is 2.21. The van der Waals surface area contributed by atoms with E-state index in [9.17, 15) is 4.79 Å². The lowest BCUT2D eigenvalue weighted by atomic mass is 9.97. The zero-order valence-electron chi connectivity index (χ0n) is 14.1. The molecule has 2 aliphatic rings. The number of amides is 1. The zero-order valence-corrected chi connectivity index (χ0v) is 14.1. The Bertz CT molecular complexity index is 520. The molecule has 23 heavy (non-hydrogen) atoms. The molecule has 3 rings (SSSR count). The van der Waals surface area contributed by atoms with Gasteiger partial charge in [0, 0.05) is 44.3 Å². The topological polar surface area (TPSA) is 47.6 Å². The number of piperazine rings is 1. The standard InChI is InChI=1S/C18H28N4O/c1-21-9-11-22(12-10-21)14-15-3-2-4-17(13-15)20-18(23)16-5-7-19-8-6-16/h2-4,13,16,19H,5-12,14H2,1H3,(H,20,23). The van der Waals surface area contributed by atoms with Crippen molar-refractivity contribution < 1.29 is 4.79 Å². The molecule has 0 spiro atoms. The molecular formula is C18H28N4O. The van der Waals surface area contributed by atoms with Crippen LogP contribution < -0.4 is 10.6 Å². The summed E-state index contributed by atoms with van der Waals surface area (Å²) in [5.41, 5.74) is 2.21. The van der Waals surface area contributed by atoms with Crippen molar-refractivity contribution in [3.05, 3.63) is 29.8 Å². The lowest BCUT2D eigenvalue weighted by molar-refractivity contribution is -0.120. The van der Waals surface area contributed by atoms with Gasteiger partial charge in [-0.3, -0.25) is 9.69 Å². The molecule has 2 fully saturated rings. The number of piperidine rings is 1. The van der Waals surface area contributed by atoms with Gasteiger partial charge < -0.3 is 15.5 Å². The highest BCUT2D eigenvalue weighted by Crippen LogP contribution is 2.17. The first-order valence-electron chi connectivity index (χ1n) is 8.72. The average molecular weight is 316 g/mol. The van der Waals surface area contributed by atoms with Crippen LogP contribution in [0.5, 0.6) is 0 Å². The summed E-state index contributed by atoms with van der Waals surface area (Å²) >= 11 is 0. The Morgan fingerprint density at radius 2 is 1.96 bits per heavy atom. The van der Waals surface area contributed by atoms with Gasteiger partial charge in [-0.05, 0) is 50.7 Å². The van der Waals surface area contributed by atoms with Gasteiger partial charge >= 0.3 is 0 Å². The number of nitrogens with one attached hydrogen (secondary N) is 2. The van der Waals surface area contributed by atoms with E-state index in [-0.39, 0.29) is 11.8 Å². The Morgan fingerprint density at radius 1 is 1.22 bits per heavy atom. The Kier molecular flexibility index (Phi) is 5.65. The first kappa shape index (κ1) is 16.4. The van der Waals surface area contributed by atoms with E-state index < -0.39 is 0 Å². The summed E-state index contributed by atoms with van der Waals surface area (Å²) in [4.78, 5) is 17.2. The molecule has 5 nitrogen and oxygen atoms in total. The smallest absolute Gasteiger partial charge is 0.227 e. The highest BCUT2D eigenvalue weighted by molar-refractivity contribution is 5.92. The van der Waals surface area contributed by atoms with E-state index in [0.29, 0.717) is 0 Å². The molecule has 0 unspecified atom stereocenters. The van der Waals surface area contributed by atoms with Crippen molar-refractivity contribution >= 4 is 11.6 Å². The largest absolute Gasteiger partial charge is 0.326 e. The molecule has 0 radical (unpaired) electrons. The second-order valence-corrected chi connectivity index (χ2v) is 6.79. The predicted octanol–water partition coefficient (Wildman–Crippen LogP) is 1.37. The van der Waals surface area contributed by atoms with Crippen molar-refractivity contribution in [3.8, 4) is 0 Å². The molecule has 2 N–H and O–H groups in total. The van der Waals surface area contributed by atoms with Gasteiger partial charge in [0.2, 0.25) is 5.91 Å². The molecule has 0 saturated carbocycles. The number of likely N-dealkylation sites (N-methyl/N-ethyl adjacent to an activating group) is 1. The minimum atomic E-state index is 0.150. The molecule has 0 aromatic heterocycles. The third-order valence-corrected chi connectivity index (χ3v) is 4.91. The molecule has 0 bridgehead atoms. The number of rotatable bonds is 4. The minimum absolute atomic E-state index is 0.150. The van der Waals surface area contributed by atoms with Crippen molar-refractivity contribution in [3.63, 3.8) is 0 Å². The Hall–Kier alpha value is -1.43. The first-order valence-corrected chi connectivity index (χ1v) is 8.72. The van der Waals surface area contributed by atoms with Crippen LogP contribution in [-0.2, 0) is 11.3 Å². The minimum Gasteiger partial charge on any atom is -0.326 e. The van der Waals surface area contributed by atoms with Gasteiger partial charge in [0.15, 0.2) is 0 Å². The van der Waals surface area contributed by atoms with E-state index >= 15 is 0 Å². The fourth-order valence-electron chi connectivity index (χ4n) is 3.34. The van der Waals surface area contributed by atoms with Gasteiger partial charge in [-0.2, -0.15) is 0 Å². The van der Waals surface area contributed by atoms with Crippen molar-refractivity contribution in [2.24, 2.45) is 5.92 Å². The van der Waals surface area contributed by atoms with Crippen LogP contribution in [-0.4, -0.2) is 62.0 Å². The van der Waals surface area contributed by atoms with E-state index in [1.54, 1.807) is 0 Å². The van der Waals surface area contributed by atoms with Crippen LogP contribution >= 0.6 is 0 Å². The molecule has 1 aromatic rings. The monoisotopic (exact) mass is 316 g/mol. The van der Waals surface area contributed by atoms with E-state index in [1.165, 1.54) is 5.56 Å². The zero-order chi connectivity index (χ0) is 16.1. The molecule has 0 atom stereocenters. The van der Waals surface area contributed by atoms with Crippen LogP contribution in [0.3, 0.4) is 0 Å². The van der Waals surface area contributed by atoms with Crippen LogP contribution in [0, 0.1) is 5.92 Å². The van der Waals surface area contributed by atoms with E-state index in [2.05, 4.69) is 39.6 Å². The Labute approximate surface area is 139 Å². The van der Waals surface area contributed by atoms with Crippen molar-refractivity contribution in [2.75, 3.05) is 51.6 Å². The summed E-state index contributed by atoms with van der Waals surface area (Å²) in [6, 6.07) is 8.31. The van der Waals surface area contributed by atoms with Gasteiger partial charge in [0.25, 0.3) is 0 Å². The molecule has 1 amide bonds. The number of carbonyl (C=O) groups is 1. The normalized spacial score (nSPS) is 21.3. The lowest BCUT2D eigenvalue weighted by Crippen LogP contribution is -2.43. The molecule has 0 aliphatic carbocycles. The second kappa shape index (κ2) is 7.90. The molecule has 126 valence electrons.